The first-order valence-corrected chi connectivity index (χ1v) is 8.41. The number of amides is 1. The molecule has 0 saturated carbocycles. The van der Waals surface area contributed by atoms with E-state index in [1.54, 1.807) is 11.3 Å². The third kappa shape index (κ3) is 2.53. The van der Waals surface area contributed by atoms with Crippen molar-refractivity contribution in [2.75, 3.05) is 5.32 Å². The Bertz CT molecular complexity index is 887. The smallest absolute Gasteiger partial charge is 0.230 e. The Morgan fingerprint density at radius 1 is 1.09 bits per heavy atom. The van der Waals surface area contributed by atoms with E-state index >= 15 is 0 Å². The summed E-state index contributed by atoms with van der Waals surface area (Å²) in [7, 11) is 0. The van der Waals surface area contributed by atoms with E-state index in [9.17, 15) is 4.79 Å². The number of aromatic nitrogens is 2. The number of fused-ring (bicyclic) bond motifs is 3. The molecule has 1 aliphatic rings. The molecule has 4 rings (SSSR count). The number of thiophene rings is 1. The molecule has 0 bridgehead atoms. The molecule has 0 atom stereocenters. The second-order valence-electron chi connectivity index (χ2n) is 5.54. The summed E-state index contributed by atoms with van der Waals surface area (Å²) in [6.07, 6.45) is 1.91. The van der Waals surface area contributed by atoms with Crippen LogP contribution in [-0.4, -0.2) is 15.9 Å². The van der Waals surface area contributed by atoms with Gasteiger partial charge in [0.15, 0.2) is 0 Å². The fraction of sp³-hybridized carbons (Fsp3) is 0.167. The monoisotopic (exact) mass is 321 g/mol. The lowest BCUT2D eigenvalue weighted by Crippen LogP contribution is -2.14. The normalized spacial score (nSPS) is 12.4. The van der Waals surface area contributed by atoms with Crippen LogP contribution in [0.2, 0.25) is 0 Å². The minimum Gasteiger partial charge on any atom is -0.295 e. The summed E-state index contributed by atoms with van der Waals surface area (Å²) in [6, 6.07) is 12.4. The minimum atomic E-state index is -0.161. The van der Waals surface area contributed by atoms with E-state index in [1.165, 1.54) is 18.1 Å². The molecule has 2 heterocycles. The van der Waals surface area contributed by atoms with E-state index in [-0.39, 0.29) is 5.91 Å². The molecule has 0 spiro atoms. The summed E-state index contributed by atoms with van der Waals surface area (Å²) < 4.78 is 0. The predicted octanol–water partition coefficient (Wildman–Crippen LogP) is 3.93. The maximum Gasteiger partial charge on any atom is 0.230 e. The van der Waals surface area contributed by atoms with E-state index in [1.807, 2.05) is 17.5 Å². The minimum absolute atomic E-state index is 0.161. The van der Waals surface area contributed by atoms with E-state index < -0.39 is 0 Å². The highest BCUT2D eigenvalue weighted by Crippen LogP contribution is 2.38. The van der Waals surface area contributed by atoms with Gasteiger partial charge in [-0.15, -0.1) is 11.3 Å². The Morgan fingerprint density at radius 2 is 1.91 bits per heavy atom. The lowest BCUT2D eigenvalue weighted by molar-refractivity contribution is -0.114. The van der Waals surface area contributed by atoms with Gasteiger partial charge < -0.3 is 0 Å². The van der Waals surface area contributed by atoms with E-state index in [0.717, 1.165) is 34.7 Å². The van der Waals surface area contributed by atoms with Crippen molar-refractivity contribution in [2.45, 2.75) is 19.8 Å². The number of aryl methyl sites for hydroxylation is 1. The van der Waals surface area contributed by atoms with Gasteiger partial charge in [0.05, 0.1) is 16.3 Å². The Balaban J connectivity index is 1.96. The van der Waals surface area contributed by atoms with Crippen LogP contribution in [0.5, 0.6) is 0 Å². The standard InChI is InChI=1S/C18H15N3OS/c1-11(22)19-18-20-16-13-6-3-2-5-12(13)8-9-14(16)17(21-18)15-7-4-10-23-15/h2-7,10H,8-9H2,1H3,(H,19,20,21,22). The lowest BCUT2D eigenvalue weighted by Gasteiger charge is -2.21. The molecule has 0 radical (unpaired) electrons. The molecular formula is C18H15N3OS. The number of carbonyl (C=O) groups excluding carboxylic acids is 1. The van der Waals surface area contributed by atoms with E-state index in [4.69, 9.17) is 0 Å². The molecule has 3 aromatic rings. The van der Waals surface area contributed by atoms with Crippen molar-refractivity contribution in [3.05, 3.63) is 52.9 Å². The Labute approximate surface area is 138 Å². The van der Waals surface area contributed by atoms with Crippen LogP contribution in [0, 0.1) is 0 Å². The second kappa shape index (κ2) is 5.59. The van der Waals surface area contributed by atoms with Crippen LogP contribution >= 0.6 is 11.3 Å². The maximum absolute atomic E-state index is 11.4. The number of nitrogens with zero attached hydrogens (tertiary/aromatic N) is 2. The number of hydrogen-bond donors (Lipinski definition) is 1. The van der Waals surface area contributed by atoms with Gasteiger partial charge in [0.25, 0.3) is 0 Å². The highest BCUT2D eigenvalue weighted by atomic mass is 32.1. The summed E-state index contributed by atoms with van der Waals surface area (Å²) in [5, 5.41) is 4.77. The van der Waals surface area contributed by atoms with Gasteiger partial charge in [-0.05, 0) is 29.9 Å². The first kappa shape index (κ1) is 14.1. The van der Waals surface area contributed by atoms with Crippen LogP contribution in [0.4, 0.5) is 5.95 Å². The fourth-order valence-electron chi connectivity index (χ4n) is 3.00. The Kier molecular flexibility index (Phi) is 3.42. The molecular weight excluding hydrogens is 306 g/mol. The molecule has 0 saturated heterocycles. The Hall–Kier alpha value is -2.53. The molecule has 4 nitrogen and oxygen atoms in total. The number of carbonyl (C=O) groups is 1. The number of nitrogens with one attached hydrogen (secondary N) is 1. The molecule has 23 heavy (non-hydrogen) atoms. The summed E-state index contributed by atoms with van der Waals surface area (Å²) in [6.45, 7) is 1.47. The third-order valence-corrected chi connectivity index (χ3v) is 4.84. The SMILES string of the molecule is CC(=O)Nc1nc(-c2cccs2)c2c(n1)-c1ccccc1CC2. The summed E-state index contributed by atoms with van der Waals surface area (Å²) >= 11 is 1.65. The maximum atomic E-state index is 11.4. The van der Waals surface area contributed by atoms with Crippen molar-refractivity contribution in [2.24, 2.45) is 0 Å². The van der Waals surface area contributed by atoms with Crippen LogP contribution in [0.1, 0.15) is 18.1 Å². The Morgan fingerprint density at radius 3 is 2.70 bits per heavy atom. The highest BCUT2D eigenvalue weighted by Gasteiger charge is 2.23. The van der Waals surface area contributed by atoms with Crippen molar-refractivity contribution >= 4 is 23.2 Å². The summed E-state index contributed by atoms with van der Waals surface area (Å²) in [4.78, 5) is 21.8. The highest BCUT2D eigenvalue weighted by molar-refractivity contribution is 7.13. The van der Waals surface area contributed by atoms with Crippen molar-refractivity contribution in [3.63, 3.8) is 0 Å². The van der Waals surface area contributed by atoms with Gasteiger partial charge in [0.2, 0.25) is 11.9 Å². The van der Waals surface area contributed by atoms with Gasteiger partial charge in [-0.3, -0.25) is 10.1 Å². The third-order valence-electron chi connectivity index (χ3n) is 3.97. The quantitative estimate of drug-likeness (QED) is 0.778. The van der Waals surface area contributed by atoms with Gasteiger partial charge >= 0.3 is 0 Å². The van der Waals surface area contributed by atoms with Crippen LogP contribution in [0.15, 0.2) is 41.8 Å². The topological polar surface area (TPSA) is 54.9 Å². The average molecular weight is 321 g/mol. The van der Waals surface area contributed by atoms with E-state index in [0.29, 0.717) is 5.95 Å². The fourth-order valence-corrected chi connectivity index (χ4v) is 3.74. The van der Waals surface area contributed by atoms with Gasteiger partial charge in [-0.2, -0.15) is 0 Å². The molecule has 5 heteroatoms. The molecule has 1 amide bonds. The molecule has 1 N–H and O–H groups in total. The average Bonchev–Trinajstić information content (AvgIpc) is 3.08. The molecule has 1 aliphatic carbocycles. The molecule has 114 valence electrons. The number of benzene rings is 1. The van der Waals surface area contributed by atoms with Crippen molar-refractivity contribution < 1.29 is 4.79 Å². The number of anilines is 1. The van der Waals surface area contributed by atoms with Gasteiger partial charge in [0, 0.05) is 18.1 Å². The van der Waals surface area contributed by atoms with Crippen molar-refractivity contribution in [1.82, 2.24) is 9.97 Å². The van der Waals surface area contributed by atoms with Crippen molar-refractivity contribution in [3.8, 4) is 21.8 Å². The zero-order chi connectivity index (χ0) is 15.8. The summed E-state index contributed by atoms with van der Waals surface area (Å²) in [5.41, 5.74) is 5.47. The number of hydrogen-bond acceptors (Lipinski definition) is 4. The lowest BCUT2D eigenvalue weighted by atomic mass is 9.88. The van der Waals surface area contributed by atoms with Crippen LogP contribution in [0.3, 0.4) is 0 Å². The van der Waals surface area contributed by atoms with Crippen molar-refractivity contribution in [1.29, 1.82) is 0 Å². The van der Waals surface area contributed by atoms with Gasteiger partial charge in [-0.25, -0.2) is 9.97 Å². The van der Waals surface area contributed by atoms with Crippen LogP contribution in [-0.2, 0) is 17.6 Å². The summed E-state index contributed by atoms with van der Waals surface area (Å²) in [5.74, 6) is 0.211. The molecule has 2 aromatic heterocycles. The van der Waals surface area contributed by atoms with Crippen LogP contribution < -0.4 is 5.32 Å². The zero-order valence-electron chi connectivity index (χ0n) is 12.7. The largest absolute Gasteiger partial charge is 0.295 e. The van der Waals surface area contributed by atoms with Gasteiger partial charge in [0.1, 0.15) is 0 Å². The zero-order valence-corrected chi connectivity index (χ0v) is 13.5. The molecule has 0 aliphatic heterocycles. The van der Waals surface area contributed by atoms with Crippen LogP contribution in [0.25, 0.3) is 21.8 Å². The van der Waals surface area contributed by atoms with Gasteiger partial charge in [-0.1, -0.05) is 30.3 Å². The predicted molar refractivity (Wildman–Crippen MR) is 92.5 cm³/mol. The molecule has 0 fully saturated rings. The first-order chi connectivity index (χ1) is 11.2. The first-order valence-electron chi connectivity index (χ1n) is 7.53. The number of rotatable bonds is 2. The molecule has 1 aromatic carbocycles. The molecule has 0 unspecified atom stereocenters. The second-order valence-corrected chi connectivity index (χ2v) is 6.49. The van der Waals surface area contributed by atoms with E-state index in [2.05, 4.69) is 39.6 Å².